The first kappa shape index (κ1) is 70.5. The van der Waals surface area contributed by atoms with Crippen molar-refractivity contribution in [2.45, 2.75) is 317 Å². The molecule has 3 saturated heterocycles. The third-order valence-corrected chi connectivity index (χ3v) is 15.5. The highest BCUT2D eigenvalue weighted by atomic mass is 16.8. The van der Waals surface area contributed by atoms with Gasteiger partial charge in [-0.15, -0.1) is 0 Å². The topological polar surface area (TPSA) is 307 Å². The lowest BCUT2D eigenvalue weighted by atomic mass is 9.96. The van der Waals surface area contributed by atoms with Gasteiger partial charge in [0.05, 0.1) is 38.6 Å². The Hall–Kier alpha value is -1.73. The lowest BCUT2D eigenvalue weighted by Crippen LogP contribution is -2.66. The van der Waals surface area contributed by atoms with Gasteiger partial charge in [0.2, 0.25) is 5.91 Å². The minimum atomic E-state index is -1.98. The molecule has 12 N–H and O–H groups in total. The van der Waals surface area contributed by atoms with E-state index in [0.717, 1.165) is 38.5 Å². The van der Waals surface area contributed by atoms with Gasteiger partial charge in [0.1, 0.15) is 73.2 Å². The van der Waals surface area contributed by atoms with Crippen LogP contribution in [0.2, 0.25) is 0 Å². The van der Waals surface area contributed by atoms with Gasteiger partial charge in [-0.3, -0.25) is 4.79 Å². The molecule has 0 aromatic carbocycles. The molecule has 0 saturated carbocycles. The number of hydrogen-bond acceptors (Lipinski definition) is 18. The van der Waals surface area contributed by atoms with Gasteiger partial charge in [-0.25, -0.2) is 0 Å². The zero-order chi connectivity index (χ0) is 56.9. The molecule has 0 aromatic rings. The lowest BCUT2D eigenvalue weighted by molar-refractivity contribution is -0.379. The molecule has 0 aromatic heterocycles. The quantitative estimate of drug-likeness (QED) is 0.0263. The molecule has 3 aliphatic heterocycles. The SMILES string of the molecule is CCC/C=C/CC/C=C/C(O)C(COC1OC(CO)C(OC2OC(CO)C(OC3OC(CO)C(O)C(O)C3O)C(O)C2O)C(O)C1O)NC(=O)CCCCCCCCCCCCCCCCCCCCCCCCCCCC. The smallest absolute Gasteiger partial charge is 0.220 e. The van der Waals surface area contributed by atoms with Crippen molar-refractivity contribution in [2.75, 3.05) is 26.4 Å². The molecule has 1 amide bonds. The number of allylic oxidation sites excluding steroid dienone is 3. The molecule has 19 nitrogen and oxygen atoms in total. The standard InChI is InChI=1S/C59H109NO18/c1-3-5-7-9-11-12-13-14-15-16-17-18-19-20-21-22-23-24-25-26-27-28-29-31-33-35-37-47(65)60-42(43(64)36-34-32-30-10-8-6-4-2)41-73-57-53(71)50(68)55(45(39-62)75-57)78-59-54(72)51(69)56(46(40-63)76-59)77-58-52(70)49(67)48(66)44(38-61)74-58/h8,10,34,36,42-46,48-59,61-64,66-72H,3-7,9,11-33,35,37-41H2,1-2H3,(H,60,65)/b10-8+,36-34+. The van der Waals surface area contributed by atoms with Crippen LogP contribution in [0.15, 0.2) is 24.3 Å². The third-order valence-electron chi connectivity index (χ3n) is 15.5. The number of aliphatic hydroxyl groups excluding tert-OH is 11. The van der Waals surface area contributed by atoms with Crippen molar-refractivity contribution in [1.82, 2.24) is 5.32 Å². The van der Waals surface area contributed by atoms with Crippen molar-refractivity contribution in [3.05, 3.63) is 24.3 Å². The summed E-state index contributed by atoms with van der Waals surface area (Å²) in [5.41, 5.74) is 0. The van der Waals surface area contributed by atoms with Crippen molar-refractivity contribution in [3.8, 4) is 0 Å². The van der Waals surface area contributed by atoms with E-state index in [4.69, 9.17) is 28.4 Å². The molecule has 78 heavy (non-hydrogen) atoms. The fourth-order valence-corrected chi connectivity index (χ4v) is 10.5. The molecule has 17 atom stereocenters. The highest BCUT2D eigenvalue weighted by molar-refractivity contribution is 5.76. The predicted molar refractivity (Wildman–Crippen MR) is 296 cm³/mol. The molecule has 3 heterocycles. The molecule has 3 fully saturated rings. The maximum absolute atomic E-state index is 13.2. The van der Waals surface area contributed by atoms with Crippen LogP contribution in [0.4, 0.5) is 0 Å². The van der Waals surface area contributed by atoms with Crippen molar-refractivity contribution in [3.63, 3.8) is 0 Å². The number of amides is 1. The van der Waals surface area contributed by atoms with E-state index in [0.29, 0.717) is 12.8 Å². The summed E-state index contributed by atoms with van der Waals surface area (Å²) in [6, 6.07) is -0.983. The molecule has 19 heteroatoms. The van der Waals surface area contributed by atoms with E-state index in [2.05, 4.69) is 31.3 Å². The number of aliphatic hydroxyl groups is 11. The van der Waals surface area contributed by atoms with Gasteiger partial charge in [-0.05, 0) is 25.7 Å². The van der Waals surface area contributed by atoms with Gasteiger partial charge in [-0.2, -0.15) is 0 Å². The summed E-state index contributed by atoms with van der Waals surface area (Å²) in [5.74, 6) is -0.287. The minimum Gasteiger partial charge on any atom is -0.394 e. The van der Waals surface area contributed by atoms with Crippen LogP contribution < -0.4 is 5.32 Å². The third kappa shape index (κ3) is 26.7. The number of ether oxygens (including phenoxy) is 6. The fourth-order valence-electron chi connectivity index (χ4n) is 10.5. The molecular formula is C59H109NO18. The summed E-state index contributed by atoms with van der Waals surface area (Å²) < 4.78 is 34.1. The van der Waals surface area contributed by atoms with Crippen LogP contribution in [0, 0.1) is 0 Å². The van der Waals surface area contributed by atoms with E-state index < -0.39 is 124 Å². The zero-order valence-corrected chi connectivity index (χ0v) is 47.7. The summed E-state index contributed by atoms with van der Waals surface area (Å²) in [7, 11) is 0. The van der Waals surface area contributed by atoms with E-state index in [9.17, 15) is 61.0 Å². The molecule has 0 radical (unpaired) electrons. The Labute approximate surface area is 467 Å². The van der Waals surface area contributed by atoms with Gasteiger partial charge in [0.25, 0.3) is 0 Å². The van der Waals surface area contributed by atoms with Gasteiger partial charge in [0.15, 0.2) is 18.9 Å². The van der Waals surface area contributed by atoms with E-state index in [1.165, 1.54) is 141 Å². The van der Waals surface area contributed by atoms with Crippen molar-refractivity contribution >= 4 is 5.91 Å². The Kier molecular flexibility index (Phi) is 38.9. The van der Waals surface area contributed by atoms with Gasteiger partial charge in [-0.1, -0.05) is 205 Å². The Bertz CT molecular complexity index is 1530. The van der Waals surface area contributed by atoms with Crippen LogP contribution in [0.1, 0.15) is 213 Å². The van der Waals surface area contributed by atoms with Crippen LogP contribution in [0.5, 0.6) is 0 Å². The second-order valence-corrected chi connectivity index (χ2v) is 22.2. The van der Waals surface area contributed by atoms with E-state index in [-0.39, 0.29) is 18.9 Å². The number of unbranched alkanes of at least 4 members (excludes halogenated alkanes) is 27. The maximum atomic E-state index is 13.2. The number of rotatable bonds is 45. The average molecular weight is 1120 g/mol. The van der Waals surface area contributed by atoms with Crippen LogP contribution >= 0.6 is 0 Å². The molecule has 3 aliphatic rings. The predicted octanol–water partition coefficient (Wildman–Crippen LogP) is 5.54. The summed E-state index contributed by atoms with van der Waals surface area (Å²) in [4.78, 5) is 13.2. The average Bonchev–Trinajstić information content (AvgIpc) is 3.50. The Morgan fingerprint density at radius 3 is 1.26 bits per heavy atom. The van der Waals surface area contributed by atoms with Crippen LogP contribution in [0.3, 0.4) is 0 Å². The van der Waals surface area contributed by atoms with Crippen LogP contribution in [-0.2, 0) is 33.2 Å². The molecule has 17 unspecified atom stereocenters. The summed E-state index contributed by atoms with van der Waals surface area (Å²) in [6.45, 7) is 1.59. The first-order chi connectivity index (χ1) is 37.8. The minimum absolute atomic E-state index is 0.239. The molecule has 3 rings (SSSR count). The highest BCUT2D eigenvalue weighted by Gasteiger charge is 2.53. The lowest BCUT2D eigenvalue weighted by Gasteiger charge is -2.48. The van der Waals surface area contributed by atoms with E-state index in [1.807, 2.05) is 6.08 Å². The normalized spacial score (nSPS) is 30.6. The van der Waals surface area contributed by atoms with Crippen molar-refractivity contribution < 1.29 is 89.4 Å². The highest BCUT2D eigenvalue weighted by Crippen LogP contribution is 2.33. The Balaban J connectivity index is 1.38. The Morgan fingerprint density at radius 1 is 0.449 bits per heavy atom. The van der Waals surface area contributed by atoms with Gasteiger partial charge < -0.3 is 89.9 Å². The Morgan fingerprint density at radius 2 is 0.821 bits per heavy atom. The number of nitrogens with one attached hydrogen (secondary N) is 1. The molecular weight excluding hydrogens is 1010 g/mol. The van der Waals surface area contributed by atoms with Crippen LogP contribution in [0.25, 0.3) is 0 Å². The van der Waals surface area contributed by atoms with E-state index >= 15 is 0 Å². The van der Waals surface area contributed by atoms with E-state index in [1.54, 1.807) is 6.08 Å². The molecule has 0 spiro atoms. The van der Waals surface area contributed by atoms with Crippen molar-refractivity contribution in [1.29, 1.82) is 0 Å². The van der Waals surface area contributed by atoms with Crippen LogP contribution in [-0.4, -0.2) is 193 Å². The zero-order valence-electron chi connectivity index (χ0n) is 47.7. The second kappa shape index (κ2) is 43.0. The first-order valence-corrected chi connectivity index (χ1v) is 30.6. The molecule has 0 bridgehead atoms. The maximum Gasteiger partial charge on any atom is 0.220 e. The summed E-state index contributed by atoms with van der Waals surface area (Å²) in [6.07, 6.45) is 18.1. The van der Waals surface area contributed by atoms with Gasteiger partial charge >= 0.3 is 0 Å². The largest absolute Gasteiger partial charge is 0.394 e. The number of carbonyl (C=O) groups is 1. The first-order valence-electron chi connectivity index (χ1n) is 30.6. The molecule has 458 valence electrons. The fraction of sp³-hybridized carbons (Fsp3) is 0.915. The second-order valence-electron chi connectivity index (χ2n) is 22.2. The summed E-state index contributed by atoms with van der Waals surface area (Å²) >= 11 is 0. The van der Waals surface area contributed by atoms with Crippen molar-refractivity contribution in [2.24, 2.45) is 0 Å². The molecule has 0 aliphatic carbocycles. The summed E-state index contributed by atoms with van der Waals surface area (Å²) in [5, 5.41) is 120. The van der Waals surface area contributed by atoms with Gasteiger partial charge in [0, 0.05) is 6.42 Å². The monoisotopic (exact) mass is 1120 g/mol. The number of hydrogen-bond donors (Lipinski definition) is 12. The number of carbonyl (C=O) groups excluding carboxylic acids is 1.